The van der Waals surface area contributed by atoms with Gasteiger partial charge in [0, 0.05) is 44.8 Å². The van der Waals surface area contributed by atoms with E-state index in [1.807, 2.05) is 4.90 Å². The van der Waals surface area contributed by atoms with Crippen molar-refractivity contribution in [3.05, 3.63) is 29.8 Å². The van der Waals surface area contributed by atoms with Gasteiger partial charge in [0.15, 0.2) is 0 Å². The number of hydrogen-bond acceptors (Lipinski definition) is 5. The van der Waals surface area contributed by atoms with Gasteiger partial charge in [-0.05, 0) is 56.0 Å². The molecule has 1 N–H and O–H groups in total. The van der Waals surface area contributed by atoms with Crippen molar-refractivity contribution in [2.75, 3.05) is 52.4 Å². The molecule has 1 aliphatic carbocycles. The number of nitrogens with zero attached hydrogens (tertiary/aromatic N) is 3. The lowest BCUT2D eigenvalue weighted by atomic mass is 9.89. The van der Waals surface area contributed by atoms with Gasteiger partial charge in [0.2, 0.25) is 15.9 Å². The second-order valence-electron chi connectivity index (χ2n) is 9.16. The van der Waals surface area contributed by atoms with Crippen LogP contribution in [0.4, 0.5) is 0 Å². The number of benzene rings is 1. The Kier molecular flexibility index (Phi) is 7.48. The molecule has 2 saturated heterocycles. The minimum Gasteiger partial charge on any atom is -0.354 e. The Morgan fingerprint density at radius 3 is 2.41 bits per heavy atom. The van der Waals surface area contributed by atoms with Crippen LogP contribution in [0.5, 0.6) is 0 Å². The molecule has 0 atom stereocenters. The zero-order valence-electron chi connectivity index (χ0n) is 18.7. The van der Waals surface area contributed by atoms with Crippen molar-refractivity contribution >= 4 is 21.8 Å². The molecule has 3 aliphatic rings. The first-order valence-corrected chi connectivity index (χ1v) is 13.3. The summed E-state index contributed by atoms with van der Waals surface area (Å²) in [6.45, 7) is 4.88. The molecule has 1 aromatic rings. The summed E-state index contributed by atoms with van der Waals surface area (Å²) >= 11 is 0. The number of sulfonamides is 1. The van der Waals surface area contributed by atoms with Gasteiger partial charge in [-0.15, -0.1) is 0 Å². The molecule has 0 bridgehead atoms. The third kappa shape index (κ3) is 5.50. The Labute approximate surface area is 191 Å². The summed E-state index contributed by atoms with van der Waals surface area (Å²) in [4.78, 5) is 29.1. The topological polar surface area (TPSA) is 90.0 Å². The first-order valence-electron chi connectivity index (χ1n) is 11.8. The van der Waals surface area contributed by atoms with Crippen LogP contribution < -0.4 is 5.32 Å². The molecule has 1 saturated carbocycles. The van der Waals surface area contributed by atoms with Crippen LogP contribution in [-0.4, -0.2) is 86.7 Å². The summed E-state index contributed by atoms with van der Waals surface area (Å²) in [5.41, 5.74) is 0.501. The molecule has 1 aromatic carbocycles. The minimum absolute atomic E-state index is 0.0502. The van der Waals surface area contributed by atoms with E-state index in [2.05, 4.69) is 10.2 Å². The van der Waals surface area contributed by atoms with Gasteiger partial charge in [-0.3, -0.25) is 9.59 Å². The van der Waals surface area contributed by atoms with E-state index >= 15 is 0 Å². The van der Waals surface area contributed by atoms with E-state index < -0.39 is 10.0 Å². The van der Waals surface area contributed by atoms with Gasteiger partial charge in [0.05, 0.1) is 11.4 Å². The molecule has 0 spiro atoms. The highest BCUT2D eigenvalue weighted by Gasteiger charge is 2.29. The zero-order valence-corrected chi connectivity index (χ0v) is 19.5. The summed E-state index contributed by atoms with van der Waals surface area (Å²) in [5, 5.41) is 2.63. The highest BCUT2D eigenvalue weighted by atomic mass is 32.2. The molecule has 3 fully saturated rings. The van der Waals surface area contributed by atoms with E-state index in [0.29, 0.717) is 18.7 Å². The zero-order chi connectivity index (χ0) is 22.6. The second-order valence-corrected chi connectivity index (χ2v) is 11.1. The van der Waals surface area contributed by atoms with Crippen molar-refractivity contribution in [1.29, 1.82) is 0 Å². The van der Waals surface area contributed by atoms with Crippen molar-refractivity contribution in [3.63, 3.8) is 0 Å². The lowest BCUT2D eigenvalue weighted by Crippen LogP contribution is -2.49. The summed E-state index contributed by atoms with van der Waals surface area (Å²) in [7, 11) is -3.75. The summed E-state index contributed by atoms with van der Waals surface area (Å²) in [5.74, 6) is 0.447. The molecule has 2 amide bonds. The van der Waals surface area contributed by atoms with Crippen LogP contribution in [0.3, 0.4) is 0 Å². The van der Waals surface area contributed by atoms with Gasteiger partial charge in [-0.1, -0.05) is 19.3 Å². The molecule has 2 aliphatic heterocycles. The van der Waals surface area contributed by atoms with E-state index in [4.69, 9.17) is 0 Å². The van der Waals surface area contributed by atoms with Crippen LogP contribution in [-0.2, 0) is 14.8 Å². The molecule has 2 heterocycles. The number of nitrogens with one attached hydrogen (secondary N) is 1. The predicted molar refractivity (Wildman–Crippen MR) is 122 cm³/mol. The van der Waals surface area contributed by atoms with Crippen LogP contribution in [0.15, 0.2) is 29.2 Å². The van der Waals surface area contributed by atoms with Crippen molar-refractivity contribution in [1.82, 2.24) is 19.4 Å². The predicted octanol–water partition coefficient (Wildman–Crippen LogP) is 1.54. The monoisotopic (exact) mass is 462 g/mol. The van der Waals surface area contributed by atoms with Crippen LogP contribution in [0.1, 0.15) is 48.9 Å². The van der Waals surface area contributed by atoms with Gasteiger partial charge in [-0.25, -0.2) is 8.42 Å². The molecular weight excluding hydrogens is 428 g/mol. The third-order valence-electron chi connectivity index (χ3n) is 6.86. The molecule has 0 radical (unpaired) electrons. The maximum Gasteiger partial charge on any atom is 0.253 e. The van der Waals surface area contributed by atoms with E-state index in [-0.39, 0.29) is 29.8 Å². The fourth-order valence-electron chi connectivity index (χ4n) is 5.01. The summed E-state index contributed by atoms with van der Waals surface area (Å²) < 4.78 is 26.8. The Bertz CT molecular complexity index is 912. The molecule has 4 rings (SSSR count). The molecular formula is C23H34N4O4S. The number of carbonyl (C=O) groups excluding carboxylic acids is 2. The van der Waals surface area contributed by atoms with Crippen molar-refractivity contribution in [2.45, 2.75) is 43.4 Å². The van der Waals surface area contributed by atoms with Crippen LogP contribution in [0, 0.1) is 5.92 Å². The van der Waals surface area contributed by atoms with Gasteiger partial charge >= 0.3 is 0 Å². The van der Waals surface area contributed by atoms with E-state index in [1.165, 1.54) is 48.5 Å². The lowest BCUT2D eigenvalue weighted by Gasteiger charge is -2.28. The number of piperazine rings is 1. The SMILES string of the molecule is O=C1CN(S(=O)(=O)c2ccc(C(=O)N3CCCN(CC4CCCCC4)CC3)cc2)CCN1. The number of rotatable bonds is 5. The Hall–Kier alpha value is -1.97. The van der Waals surface area contributed by atoms with Crippen molar-refractivity contribution in [3.8, 4) is 0 Å². The Balaban J connectivity index is 1.35. The van der Waals surface area contributed by atoms with Crippen LogP contribution >= 0.6 is 0 Å². The van der Waals surface area contributed by atoms with Gasteiger partial charge in [0.1, 0.15) is 0 Å². The van der Waals surface area contributed by atoms with E-state index in [0.717, 1.165) is 38.5 Å². The van der Waals surface area contributed by atoms with Crippen LogP contribution in [0.25, 0.3) is 0 Å². The van der Waals surface area contributed by atoms with Crippen LogP contribution in [0.2, 0.25) is 0 Å². The maximum atomic E-state index is 13.0. The Morgan fingerprint density at radius 1 is 0.938 bits per heavy atom. The number of hydrogen-bond donors (Lipinski definition) is 1. The second kappa shape index (κ2) is 10.3. The third-order valence-corrected chi connectivity index (χ3v) is 8.72. The quantitative estimate of drug-likeness (QED) is 0.717. The van der Waals surface area contributed by atoms with Gasteiger partial charge < -0.3 is 15.1 Å². The van der Waals surface area contributed by atoms with E-state index in [9.17, 15) is 18.0 Å². The van der Waals surface area contributed by atoms with Gasteiger partial charge in [0.25, 0.3) is 5.91 Å². The lowest BCUT2D eigenvalue weighted by molar-refractivity contribution is -0.122. The first-order chi connectivity index (χ1) is 15.4. The smallest absolute Gasteiger partial charge is 0.253 e. The molecule has 32 heavy (non-hydrogen) atoms. The maximum absolute atomic E-state index is 13.0. The molecule has 176 valence electrons. The van der Waals surface area contributed by atoms with Crippen molar-refractivity contribution < 1.29 is 18.0 Å². The normalized spacial score (nSPS) is 22.4. The molecule has 0 unspecified atom stereocenters. The number of carbonyl (C=O) groups is 2. The van der Waals surface area contributed by atoms with Gasteiger partial charge in [-0.2, -0.15) is 4.31 Å². The average Bonchev–Trinajstić information content (AvgIpc) is 3.05. The molecule has 8 nitrogen and oxygen atoms in total. The van der Waals surface area contributed by atoms with E-state index in [1.54, 1.807) is 12.1 Å². The highest BCUT2D eigenvalue weighted by Crippen LogP contribution is 2.25. The Morgan fingerprint density at radius 2 is 1.69 bits per heavy atom. The highest BCUT2D eigenvalue weighted by molar-refractivity contribution is 7.89. The fourth-order valence-corrected chi connectivity index (χ4v) is 6.41. The minimum atomic E-state index is -3.75. The summed E-state index contributed by atoms with van der Waals surface area (Å²) in [6.07, 6.45) is 7.68. The first kappa shape index (κ1) is 23.2. The van der Waals surface area contributed by atoms with Crippen molar-refractivity contribution in [2.24, 2.45) is 5.92 Å². The average molecular weight is 463 g/mol. The standard InChI is InChI=1S/C23H34N4O4S/c28-22-18-27(14-11-24-22)32(30,31)21-9-7-20(8-10-21)23(29)26-13-4-12-25(15-16-26)17-19-5-2-1-3-6-19/h7-10,19H,1-6,11-18H2,(H,24,28). The molecule has 9 heteroatoms. The molecule has 0 aromatic heterocycles. The largest absolute Gasteiger partial charge is 0.354 e. The number of amides is 2. The fraction of sp³-hybridized carbons (Fsp3) is 0.652. The summed E-state index contributed by atoms with van der Waals surface area (Å²) in [6, 6.07) is 6.12.